The highest BCUT2D eigenvalue weighted by molar-refractivity contribution is 5.80. The van der Waals surface area contributed by atoms with E-state index in [-0.39, 0.29) is 0 Å². The van der Waals surface area contributed by atoms with E-state index in [0.29, 0.717) is 6.04 Å². The Balaban J connectivity index is 1.45. The van der Waals surface area contributed by atoms with Gasteiger partial charge in [0.1, 0.15) is 5.82 Å². The lowest BCUT2D eigenvalue weighted by Gasteiger charge is -2.34. The number of hydrogen-bond acceptors (Lipinski definition) is 4. The predicted molar refractivity (Wildman–Crippen MR) is 102 cm³/mol. The normalized spacial score (nSPS) is 25.6. The Morgan fingerprint density at radius 1 is 0.960 bits per heavy atom. The SMILES string of the molecule is CN1CCN(c2ccc3c(c2)nc2n3CCN3CCCCC3C2)CC1. The third-order valence-electron chi connectivity index (χ3n) is 6.46. The first kappa shape index (κ1) is 15.6. The number of benzene rings is 1. The van der Waals surface area contributed by atoms with Gasteiger partial charge in [-0.2, -0.15) is 0 Å². The molecular formula is C20H29N5. The molecule has 0 spiro atoms. The van der Waals surface area contributed by atoms with Crippen molar-refractivity contribution in [2.75, 3.05) is 51.2 Å². The number of likely N-dealkylation sites (N-methyl/N-ethyl adjacent to an activating group) is 1. The molecule has 0 bridgehead atoms. The van der Waals surface area contributed by atoms with Gasteiger partial charge in [-0.15, -0.1) is 0 Å². The molecule has 0 saturated carbocycles. The number of imidazole rings is 1. The second-order valence-corrected chi connectivity index (χ2v) is 8.03. The van der Waals surface area contributed by atoms with Gasteiger partial charge in [0.15, 0.2) is 0 Å². The molecule has 25 heavy (non-hydrogen) atoms. The molecule has 3 aliphatic heterocycles. The number of fused-ring (bicyclic) bond motifs is 4. The quantitative estimate of drug-likeness (QED) is 0.796. The van der Waals surface area contributed by atoms with Crippen molar-refractivity contribution in [3.05, 3.63) is 24.0 Å². The first-order valence-electron chi connectivity index (χ1n) is 9.95. The summed E-state index contributed by atoms with van der Waals surface area (Å²) >= 11 is 0. The number of piperidine rings is 1. The Morgan fingerprint density at radius 3 is 2.72 bits per heavy atom. The van der Waals surface area contributed by atoms with E-state index < -0.39 is 0 Å². The third-order valence-corrected chi connectivity index (χ3v) is 6.46. The maximum Gasteiger partial charge on any atom is 0.111 e. The molecule has 1 aromatic carbocycles. The number of aromatic nitrogens is 2. The van der Waals surface area contributed by atoms with E-state index >= 15 is 0 Å². The van der Waals surface area contributed by atoms with Crippen LogP contribution in [-0.2, 0) is 13.0 Å². The molecule has 5 nitrogen and oxygen atoms in total. The first-order valence-corrected chi connectivity index (χ1v) is 9.95. The summed E-state index contributed by atoms with van der Waals surface area (Å²) in [6.45, 7) is 8.09. The molecule has 2 fully saturated rings. The van der Waals surface area contributed by atoms with Gasteiger partial charge in [-0.25, -0.2) is 4.98 Å². The van der Waals surface area contributed by atoms with Crippen LogP contribution in [0.5, 0.6) is 0 Å². The van der Waals surface area contributed by atoms with Gasteiger partial charge in [-0.1, -0.05) is 6.42 Å². The minimum atomic E-state index is 0.712. The Bertz CT molecular complexity index is 759. The lowest BCUT2D eigenvalue weighted by Crippen LogP contribution is -2.44. The van der Waals surface area contributed by atoms with Crippen molar-refractivity contribution in [1.82, 2.24) is 19.4 Å². The van der Waals surface area contributed by atoms with Crippen molar-refractivity contribution in [3.63, 3.8) is 0 Å². The van der Waals surface area contributed by atoms with Crippen molar-refractivity contribution in [2.45, 2.75) is 38.3 Å². The highest BCUT2D eigenvalue weighted by atomic mass is 15.3. The number of anilines is 1. The van der Waals surface area contributed by atoms with Crippen LogP contribution in [0.25, 0.3) is 11.0 Å². The van der Waals surface area contributed by atoms with Crippen LogP contribution in [0.2, 0.25) is 0 Å². The smallest absolute Gasteiger partial charge is 0.111 e. The molecule has 134 valence electrons. The standard InChI is InChI=1S/C20H29N5/c1-22-8-10-24(11-9-22)17-5-6-19-18(14-17)21-20-15-16-4-2-3-7-23(16)12-13-25(19)20/h5-6,14,16H,2-4,7-13,15H2,1H3. The second kappa shape index (κ2) is 6.29. The van der Waals surface area contributed by atoms with Gasteiger partial charge in [-0.3, -0.25) is 4.90 Å². The molecule has 0 aliphatic carbocycles. The molecule has 0 amide bonds. The fourth-order valence-electron chi connectivity index (χ4n) is 4.86. The van der Waals surface area contributed by atoms with Crippen LogP contribution < -0.4 is 4.90 Å². The monoisotopic (exact) mass is 339 g/mol. The summed E-state index contributed by atoms with van der Waals surface area (Å²) in [5.74, 6) is 1.31. The summed E-state index contributed by atoms with van der Waals surface area (Å²) in [6, 6.07) is 7.65. The maximum atomic E-state index is 5.07. The van der Waals surface area contributed by atoms with E-state index in [4.69, 9.17) is 4.98 Å². The van der Waals surface area contributed by atoms with Crippen LogP contribution in [0.1, 0.15) is 25.1 Å². The van der Waals surface area contributed by atoms with Gasteiger partial charge in [0.25, 0.3) is 0 Å². The second-order valence-electron chi connectivity index (χ2n) is 8.03. The van der Waals surface area contributed by atoms with Crippen molar-refractivity contribution in [2.24, 2.45) is 0 Å². The zero-order valence-corrected chi connectivity index (χ0v) is 15.3. The molecule has 1 atom stereocenters. The summed E-state index contributed by atoms with van der Waals surface area (Å²) in [7, 11) is 2.21. The van der Waals surface area contributed by atoms with Gasteiger partial charge < -0.3 is 14.4 Å². The van der Waals surface area contributed by atoms with Crippen LogP contribution in [-0.4, -0.2) is 71.7 Å². The molecule has 1 aromatic heterocycles. The van der Waals surface area contributed by atoms with E-state index in [9.17, 15) is 0 Å². The number of nitrogens with zero attached hydrogens (tertiary/aromatic N) is 5. The van der Waals surface area contributed by atoms with Crippen molar-refractivity contribution in [3.8, 4) is 0 Å². The van der Waals surface area contributed by atoms with Crippen LogP contribution in [0.15, 0.2) is 18.2 Å². The van der Waals surface area contributed by atoms with E-state index in [1.165, 1.54) is 54.9 Å². The lowest BCUT2D eigenvalue weighted by atomic mass is 10.00. The van der Waals surface area contributed by atoms with Gasteiger partial charge in [0.2, 0.25) is 0 Å². The zero-order valence-electron chi connectivity index (χ0n) is 15.3. The van der Waals surface area contributed by atoms with Gasteiger partial charge in [-0.05, 0) is 44.6 Å². The number of hydrogen-bond donors (Lipinski definition) is 0. The summed E-state index contributed by atoms with van der Waals surface area (Å²) in [5, 5.41) is 0. The minimum Gasteiger partial charge on any atom is -0.369 e. The van der Waals surface area contributed by atoms with Crippen LogP contribution in [0.4, 0.5) is 5.69 Å². The average molecular weight is 339 g/mol. The van der Waals surface area contributed by atoms with E-state index in [1.54, 1.807) is 0 Å². The topological polar surface area (TPSA) is 27.5 Å². The lowest BCUT2D eigenvalue weighted by molar-refractivity contribution is 0.152. The molecule has 0 N–H and O–H groups in total. The van der Waals surface area contributed by atoms with Crippen LogP contribution in [0, 0.1) is 0 Å². The molecule has 0 radical (unpaired) electrons. The van der Waals surface area contributed by atoms with Crippen LogP contribution >= 0.6 is 0 Å². The third kappa shape index (κ3) is 2.83. The Hall–Kier alpha value is -1.59. The zero-order chi connectivity index (χ0) is 16.8. The highest BCUT2D eigenvalue weighted by Gasteiger charge is 2.28. The summed E-state index contributed by atoms with van der Waals surface area (Å²) in [4.78, 5) is 12.7. The molecule has 4 heterocycles. The number of piperazine rings is 1. The molecule has 5 rings (SSSR count). The summed E-state index contributed by atoms with van der Waals surface area (Å²) in [6.07, 6.45) is 5.22. The first-order chi connectivity index (χ1) is 12.3. The molecule has 5 heteroatoms. The summed E-state index contributed by atoms with van der Waals surface area (Å²) in [5.41, 5.74) is 3.86. The maximum absolute atomic E-state index is 5.07. The Kier molecular flexibility index (Phi) is 3.94. The van der Waals surface area contributed by atoms with Crippen molar-refractivity contribution >= 4 is 16.7 Å². The Morgan fingerprint density at radius 2 is 1.84 bits per heavy atom. The molecule has 3 aliphatic rings. The predicted octanol–water partition coefficient (Wildman–Crippen LogP) is 2.20. The minimum absolute atomic E-state index is 0.712. The van der Waals surface area contributed by atoms with E-state index in [2.05, 4.69) is 44.5 Å². The average Bonchev–Trinajstić information content (AvgIpc) is 2.87. The van der Waals surface area contributed by atoms with Crippen molar-refractivity contribution in [1.29, 1.82) is 0 Å². The molecular weight excluding hydrogens is 310 g/mol. The van der Waals surface area contributed by atoms with E-state index in [0.717, 1.165) is 39.1 Å². The highest BCUT2D eigenvalue weighted by Crippen LogP contribution is 2.28. The fraction of sp³-hybridized carbons (Fsp3) is 0.650. The van der Waals surface area contributed by atoms with Crippen molar-refractivity contribution < 1.29 is 0 Å². The molecule has 2 aromatic rings. The molecule has 2 saturated heterocycles. The van der Waals surface area contributed by atoms with Gasteiger partial charge in [0.05, 0.1) is 11.0 Å². The van der Waals surface area contributed by atoms with Crippen LogP contribution in [0.3, 0.4) is 0 Å². The Labute approximate surface area is 150 Å². The number of rotatable bonds is 1. The van der Waals surface area contributed by atoms with E-state index in [1.807, 2.05) is 0 Å². The molecule has 1 unspecified atom stereocenters. The van der Waals surface area contributed by atoms with Gasteiger partial charge >= 0.3 is 0 Å². The van der Waals surface area contributed by atoms with Gasteiger partial charge in [0, 0.05) is 57.4 Å². The fourth-order valence-corrected chi connectivity index (χ4v) is 4.86. The largest absolute Gasteiger partial charge is 0.369 e. The summed E-state index contributed by atoms with van der Waals surface area (Å²) < 4.78 is 2.49.